The second kappa shape index (κ2) is 13.3. The largest absolute Gasteiger partial charge is 0.256 e. The first-order valence-electron chi connectivity index (χ1n) is 14.8. The van der Waals surface area contributed by atoms with Crippen molar-refractivity contribution < 1.29 is 0 Å². The Morgan fingerprint density at radius 3 is 1.24 bits per heavy atom. The van der Waals surface area contributed by atoms with E-state index in [2.05, 4.69) is 24.3 Å². The van der Waals surface area contributed by atoms with E-state index in [1.54, 1.807) is 12.4 Å². The molecule has 0 unspecified atom stereocenters. The van der Waals surface area contributed by atoms with Crippen LogP contribution in [0.25, 0.3) is 0 Å². The lowest BCUT2D eigenvalue weighted by molar-refractivity contribution is 1.37. The van der Waals surface area contributed by atoms with Gasteiger partial charge < -0.3 is 0 Å². The number of hydrogen-bond donors (Lipinski definition) is 0. The minimum Gasteiger partial charge on any atom is -0.256 e. The van der Waals surface area contributed by atoms with Crippen LogP contribution in [0.3, 0.4) is 0 Å². The highest BCUT2D eigenvalue weighted by molar-refractivity contribution is 6.33. The second-order valence-corrected chi connectivity index (χ2v) is 11.4. The van der Waals surface area contributed by atoms with Crippen LogP contribution in [0, 0.1) is 0 Å². The van der Waals surface area contributed by atoms with Crippen molar-refractivity contribution in [1.29, 1.82) is 0 Å². The van der Waals surface area contributed by atoms with Crippen molar-refractivity contribution in [2.75, 3.05) is 0 Å². The van der Waals surface area contributed by atoms with Crippen molar-refractivity contribution in [3.05, 3.63) is 189 Å². The van der Waals surface area contributed by atoms with Gasteiger partial charge >= 0.3 is 0 Å². The summed E-state index contributed by atoms with van der Waals surface area (Å²) in [6, 6.07) is 47.6. The van der Waals surface area contributed by atoms with Gasteiger partial charge in [0.15, 0.2) is 0 Å². The summed E-state index contributed by atoms with van der Waals surface area (Å²) in [7, 11) is 0. The molecule has 6 heteroatoms. The van der Waals surface area contributed by atoms with Gasteiger partial charge in [0.2, 0.25) is 0 Å². The van der Waals surface area contributed by atoms with E-state index >= 15 is 0 Å². The summed E-state index contributed by atoms with van der Waals surface area (Å²) in [6.07, 6.45) is 3.57. The van der Waals surface area contributed by atoms with Crippen LogP contribution in [-0.2, 0) is 0 Å². The molecule has 1 aliphatic rings. The molecule has 7 rings (SSSR count). The molecule has 0 N–H and O–H groups in total. The van der Waals surface area contributed by atoms with E-state index in [4.69, 9.17) is 43.2 Å². The molecule has 0 saturated carbocycles. The van der Waals surface area contributed by atoms with Crippen molar-refractivity contribution in [3.8, 4) is 0 Å². The van der Waals surface area contributed by atoms with Gasteiger partial charge in [0.1, 0.15) is 0 Å². The molecule has 0 amide bonds. The summed E-state index contributed by atoms with van der Waals surface area (Å²) in [4.78, 5) is 20.2. The molecule has 1 aliphatic heterocycles. The van der Waals surface area contributed by atoms with Crippen molar-refractivity contribution in [2.24, 2.45) is 20.0 Å². The molecule has 0 fully saturated rings. The lowest BCUT2D eigenvalue weighted by Crippen LogP contribution is -2.10. The van der Waals surface area contributed by atoms with Gasteiger partial charge in [-0.25, -0.2) is 9.98 Å². The normalized spacial score (nSPS) is 12.7. The minimum atomic E-state index is 0.647. The van der Waals surface area contributed by atoms with E-state index < -0.39 is 0 Å². The monoisotopic (exact) mass is 632 g/mol. The van der Waals surface area contributed by atoms with Gasteiger partial charge in [-0.3, -0.25) is 9.98 Å². The number of rotatable bonds is 6. The Balaban J connectivity index is 1.41. The summed E-state index contributed by atoms with van der Waals surface area (Å²) in [5.74, 6) is 0. The minimum absolute atomic E-state index is 0.647. The highest BCUT2D eigenvalue weighted by Gasteiger charge is 2.21. The SMILES string of the molecule is Clc1ccccc1C=Nc1ccc2c(c1)C(c1ccccc1)=Nc1ccc(N=Cc3ccccc3Cl)cc1C(c1ccccc1)=N2. The third kappa shape index (κ3) is 6.36. The average Bonchev–Trinajstić information content (AvgIpc) is 3.09. The summed E-state index contributed by atoms with van der Waals surface area (Å²) in [5.41, 5.74) is 10.1. The van der Waals surface area contributed by atoms with Crippen LogP contribution in [0.2, 0.25) is 10.0 Å². The zero-order chi connectivity index (χ0) is 31.3. The Bertz CT molecular complexity index is 2010. The molecule has 0 spiro atoms. The highest BCUT2D eigenvalue weighted by atomic mass is 35.5. The molecular weight excluding hydrogens is 607 g/mol. The summed E-state index contributed by atoms with van der Waals surface area (Å²) >= 11 is 12.8. The van der Waals surface area contributed by atoms with Gasteiger partial charge in [-0.15, -0.1) is 0 Å². The van der Waals surface area contributed by atoms with Crippen molar-refractivity contribution in [3.63, 3.8) is 0 Å². The predicted molar refractivity (Wildman–Crippen MR) is 194 cm³/mol. The maximum atomic E-state index is 6.40. The molecule has 0 bridgehead atoms. The first-order valence-corrected chi connectivity index (χ1v) is 15.5. The number of fused-ring (bicyclic) bond motifs is 2. The quantitative estimate of drug-likeness (QED) is 0.164. The number of benzene rings is 6. The number of nitrogens with zero attached hydrogens (tertiary/aromatic N) is 4. The summed E-state index contributed by atoms with van der Waals surface area (Å²) in [5, 5.41) is 1.29. The standard InChI is InChI=1S/C40H26Cl2N4/c41-35-17-9-7-15-29(35)25-43-31-19-21-37-33(23-31)39(27-11-3-1-4-12-27)45-38-22-20-32(44-26-30-16-8-10-18-36(30)42)24-34(38)40(46-37)28-13-5-2-6-14-28/h1-26H. The average molecular weight is 634 g/mol. The van der Waals surface area contributed by atoms with E-state index in [-0.39, 0.29) is 0 Å². The summed E-state index contributed by atoms with van der Waals surface area (Å²) in [6.45, 7) is 0. The molecule has 46 heavy (non-hydrogen) atoms. The topological polar surface area (TPSA) is 49.4 Å². The maximum Gasteiger partial charge on any atom is 0.0804 e. The number of halogens is 2. The van der Waals surface area contributed by atoms with Crippen LogP contribution in [0.15, 0.2) is 166 Å². The molecule has 6 aromatic carbocycles. The molecule has 0 aromatic heterocycles. The van der Waals surface area contributed by atoms with Crippen LogP contribution >= 0.6 is 23.2 Å². The van der Waals surface area contributed by atoms with Gasteiger partial charge in [-0.1, -0.05) is 120 Å². The van der Waals surface area contributed by atoms with Gasteiger partial charge in [0, 0.05) is 55.9 Å². The Morgan fingerprint density at radius 2 is 0.826 bits per heavy atom. The molecule has 0 radical (unpaired) electrons. The molecule has 0 saturated heterocycles. The third-order valence-corrected chi connectivity index (χ3v) is 8.23. The van der Waals surface area contributed by atoms with Gasteiger partial charge in [-0.05, 0) is 48.5 Å². The van der Waals surface area contributed by atoms with E-state index in [0.717, 1.165) is 67.6 Å². The van der Waals surface area contributed by atoms with Crippen LogP contribution in [0.4, 0.5) is 22.7 Å². The van der Waals surface area contributed by atoms with Gasteiger partial charge in [0.25, 0.3) is 0 Å². The second-order valence-electron chi connectivity index (χ2n) is 10.6. The molecular formula is C40H26Cl2N4. The van der Waals surface area contributed by atoms with Crippen LogP contribution < -0.4 is 0 Å². The number of hydrogen-bond acceptors (Lipinski definition) is 4. The van der Waals surface area contributed by atoms with E-state index in [1.807, 2.05) is 121 Å². The summed E-state index contributed by atoms with van der Waals surface area (Å²) < 4.78 is 0. The van der Waals surface area contributed by atoms with Crippen LogP contribution in [0.5, 0.6) is 0 Å². The fourth-order valence-corrected chi connectivity index (χ4v) is 5.59. The molecule has 0 aliphatic carbocycles. The zero-order valence-corrected chi connectivity index (χ0v) is 26.1. The molecule has 4 nitrogen and oxygen atoms in total. The maximum absolute atomic E-state index is 6.40. The highest BCUT2D eigenvalue weighted by Crippen LogP contribution is 2.36. The molecule has 1 heterocycles. The number of aliphatic imine (C=N–C) groups is 4. The van der Waals surface area contributed by atoms with Gasteiger partial charge in [-0.2, -0.15) is 0 Å². The fraction of sp³-hybridized carbons (Fsp3) is 0. The third-order valence-electron chi connectivity index (χ3n) is 7.55. The lowest BCUT2D eigenvalue weighted by Gasteiger charge is -2.19. The predicted octanol–water partition coefficient (Wildman–Crippen LogP) is 11.1. The Morgan fingerprint density at radius 1 is 0.435 bits per heavy atom. The molecule has 220 valence electrons. The van der Waals surface area contributed by atoms with E-state index in [1.165, 1.54) is 0 Å². The fourth-order valence-electron chi connectivity index (χ4n) is 5.22. The zero-order valence-electron chi connectivity index (χ0n) is 24.6. The van der Waals surface area contributed by atoms with Gasteiger partial charge in [0.05, 0.1) is 34.2 Å². The smallest absolute Gasteiger partial charge is 0.0804 e. The Hall–Kier alpha value is -5.42. The Kier molecular flexibility index (Phi) is 8.46. The van der Waals surface area contributed by atoms with Crippen LogP contribution in [-0.4, -0.2) is 23.9 Å². The molecule has 0 atom stereocenters. The van der Waals surface area contributed by atoms with Crippen molar-refractivity contribution >= 4 is 69.8 Å². The lowest BCUT2D eigenvalue weighted by atomic mass is 9.95. The van der Waals surface area contributed by atoms with Crippen LogP contribution in [0.1, 0.15) is 33.4 Å². The van der Waals surface area contributed by atoms with E-state index in [0.29, 0.717) is 10.0 Å². The first-order chi connectivity index (χ1) is 22.6. The Labute approximate surface area is 277 Å². The van der Waals surface area contributed by atoms with Crippen molar-refractivity contribution in [2.45, 2.75) is 0 Å². The first kappa shape index (κ1) is 29.3. The van der Waals surface area contributed by atoms with E-state index in [9.17, 15) is 0 Å². The molecule has 6 aromatic rings. The van der Waals surface area contributed by atoms with Crippen molar-refractivity contribution in [1.82, 2.24) is 0 Å².